The molecule has 4 atom stereocenters. The van der Waals surface area contributed by atoms with E-state index in [4.69, 9.17) is 11.5 Å². The van der Waals surface area contributed by atoms with E-state index in [1.54, 1.807) is 48.5 Å². The summed E-state index contributed by atoms with van der Waals surface area (Å²) in [5.74, 6) is -5.93. The summed E-state index contributed by atoms with van der Waals surface area (Å²) in [4.78, 5) is 102. The summed E-state index contributed by atoms with van der Waals surface area (Å²) in [6.45, 7) is 0.733. The number of primary amides is 1. The van der Waals surface area contributed by atoms with E-state index in [9.17, 15) is 48.6 Å². The first-order valence-electron chi connectivity index (χ1n) is 18.5. The highest BCUT2D eigenvalue weighted by Gasteiger charge is 2.29. The molecular formula is C36H52N12O10. The van der Waals surface area contributed by atoms with Gasteiger partial charge >= 0.3 is 24.0 Å². The van der Waals surface area contributed by atoms with Crippen molar-refractivity contribution in [1.29, 1.82) is 0 Å². The lowest BCUT2D eigenvalue weighted by atomic mass is 10.1. The van der Waals surface area contributed by atoms with Crippen LogP contribution in [0.25, 0.3) is 0 Å². The number of pyridine rings is 1. The van der Waals surface area contributed by atoms with Crippen LogP contribution in [0.1, 0.15) is 50.5 Å². The van der Waals surface area contributed by atoms with E-state index in [2.05, 4.69) is 52.4 Å². The van der Waals surface area contributed by atoms with Crippen molar-refractivity contribution in [3.05, 3.63) is 60.3 Å². The molecule has 1 aromatic heterocycles. The number of azo groups is 1. The summed E-state index contributed by atoms with van der Waals surface area (Å²) in [6, 6.07) is 7.09. The molecule has 13 N–H and O–H groups in total. The molecule has 2 rings (SSSR count). The smallest absolute Gasteiger partial charge is 0.359 e. The molecular weight excluding hydrogens is 760 g/mol. The number of nitrogens with two attached hydrogens (primary N) is 2. The summed E-state index contributed by atoms with van der Waals surface area (Å²) >= 11 is 0. The normalized spacial score (nSPS) is 12.9. The molecule has 22 heteroatoms. The van der Waals surface area contributed by atoms with Gasteiger partial charge in [0.2, 0.25) is 23.6 Å². The van der Waals surface area contributed by atoms with Gasteiger partial charge in [-0.05, 0) is 75.7 Å². The fourth-order valence-corrected chi connectivity index (χ4v) is 5.15. The second kappa shape index (κ2) is 27.1. The Bertz CT molecular complexity index is 1680. The summed E-state index contributed by atoms with van der Waals surface area (Å²) in [7, 11) is 0. The van der Waals surface area contributed by atoms with Gasteiger partial charge < -0.3 is 58.9 Å². The Morgan fingerprint density at radius 1 is 0.690 bits per heavy atom. The molecule has 0 saturated carbocycles. The van der Waals surface area contributed by atoms with E-state index < -0.39 is 84.8 Å². The first kappa shape index (κ1) is 47.6. The summed E-state index contributed by atoms with van der Waals surface area (Å²) in [6.07, 6.45) is 2.53. The lowest BCUT2D eigenvalue weighted by molar-refractivity contribution is -0.142. The molecule has 58 heavy (non-hydrogen) atoms. The Hall–Kier alpha value is -6.55. The van der Waals surface area contributed by atoms with Crippen LogP contribution in [0.5, 0.6) is 0 Å². The zero-order valence-corrected chi connectivity index (χ0v) is 31.9. The third-order valence-corrected chi connectivity index (χ3v) is 8.10. The van der Waals surface area contributed by atoms with Gasteiger partial charge in [-0.2, -0.15) is 0 Å². The molecule has 0 fully saturated rings. The molecule has 0 unspecified atom stereocenters. The second-order valence-corrected chi connectivity index (χ2v) is 12.8. The third kappa shape index (κ3) is 20.9. The summed E-state index contributed by atoms with van der Waals surface area (Å²) in [5, 5.41) is 43.8. The number of carboxylic acid groups (broad SMARTS) is 2. The van der Waals surface area contributed by atoms with Crippen molar-refractivity contribution in [2.75, 3.05) is 32.7 Å². The number of hydrogen-bond donors (Lipinski definition) is 11. The molecule has 316 valence electrons. The third-order valence-electron chi connectivity index (χ3n) is 8.10. The molecule has 1 aromatic carbocycles. The molecule has 2 aromatic rings. The number of aromatic nitrogens is 1. The molecule has 0 saturated heterocycles. The number of carboxylic acids is 2. The maximum Gasteiger partial charge on any atom is 0.359 e. The summed E-state index contributed by atoms with van der Waals surface area (Å²) < 4.78 is 0. The van der Waals surface area contributed by atoms with E-state index in [1.807, 2.05) is 0 Å². The molecule has 0 aliphatic rings. The predicted molar refractivity (Wildman–Crippen MR) is 207 cm³/mol. The molecule has 0 radical (unpaired) electrons. The SMILES string of the molecule is NC(=O)NCCC[C@H](NC(=O)CNC(=O)[C@H](CC(=O)O)NC(=O)[C@H](N)Cc1ccccc1)C(=O)N[C@@H](CCCCNCCCNC(=O)/N=N/c1ccccn1)C(=O)O. The van der Waals surface area contributed by atoms with Crippen LogP contribution >= 0.6 is 0 Å². The van der Waals surface area contributed by atoms with Crippen LogP contribution in [0.2, 0.25) is 0 Å². The van der Waals surface area contributed by atoms with E-state index in [1.165, 1.54) is 6.20 Å². The molecule has 0 bridgehead atoms. The monoisotopic (exact) mass is 812 g/mol. The highest BCUT2D eigenvalue weighted by molar-refractivity contribution is 5.95. The highest BCUT2D eigenvalue weighted by Crippen LogP contribution is 2.07. The van der Waals surface area contributed by atoms with E-state index >= 15 is 0 Å². The van der Waals surface area contributed by atoms with E-state index in [0.29, 0.717) is 44.7 Å². The van der Waals surface area contributed by atoms with Crippen LogP contribution in [0, 0.1) is 0 Å². The van der Waals surface area contributed by atoms with E-state index in [-0.39, 0.29) is 32.2 Å². The quantitative estimate of drug-likeness (QED) is 0.0388. The second-order valence-electron chi connectivity index (χ2n) is 12.8. The van der Waals surface area contributed by atoms with Crippen molar-refractivity contribution >= 4 is 53.4 Å². The number of rotatable bonds is 27. The molecule has 22 nitrogen and oxygen atoms in total. The van der Waals surface area contributed by atoms with Gasteiger partial charge in [0.1, 0.15) is 18.1 Å². The van der Waals surface area contributed by atoms with Gasteiger partial charge in [0.25, 0.3) is 0 Å². The number of unbranched alkanes of at least 4 members (excludes halogenated alkanes) is 1. The number of nitrogens with one attached hydrogen (secondary N) is 7. The molecule has 0 spiro atoms. The van der Waals surface area contributed by atoms with Gasteiger partial charge in [-0.3, -0.25) is 24.0 Å². The highest BCUT2D eigenvalue weighted by atomic mass is 16.4. The first-order valence-corrected chi connectivity index (χ1v) is 18.5. The molecule has 0 aliphatic heterocycles. The molecule has 1 heterocycles. The Labute approximate surface area is 334 Å². The van der Waals surface area contributed by atoms with E-state index in [0.717, 1.165) is 5.56 Å². The van der Waals surface area contributed by atoms with Crippen molar-refractivity contribution in [2.45, 2.75) is 75.5 Å². The number of carbonyl (C=O) groups excluding carboxylic acids is 6. The van der Waals surface area contributed by atoms with Crippen LogP contribution in [0.3, 0.4) is 0 Å². The minimum absolute atomic E-state index is 0.0353. The Morgan fingerprint density at radius 3 is 2.03 bits per heavy atom. The maximum absolute atomic E-state index is 13.2. The van der Waals surface area contributed by atoms with Gasteiger partial charge in [0, 0.05) is 19.3 Å². The van der Waals surface area contributed by atoms with Crippen LogP contribution in [-0.4, -0.2) is 120 Å². The first-order chi connectivity index (χ1) is 27.7. The van der Waals surface area contributed by atoms with Crippen molar-refractivity contribution in [3.63, 3.8) is 0 Å². The minimum atomic E-state index is -1.58. The van der Waals surface area contributed by atoms with Crippen molar-refractivity contribution in [3.8, 4) is 0 Å². The zero-order valence-electron chi connectivity index (χ0n) is 31.9. The number of aliphatic carboxylic acids is 2. The van der Waals surface area contributed by atoms with Gasteiger partial charge in [-0.15, -0.1) is 5.11 Å². The van der Waals surface area contributed by atoms with Crippen LogP contribution < -0.4 is 48.7 Å². The van der Waals surface area contributed by atoms with Gasteiger partial charge in [-0.1, -0.05) is 41.5 Å². The van der Waals surface area contributed by atoms with Gasteiger partial charge in [0.05, 0.1) is 19.0 Å². The number of amides is 8. The molecule has 8 amide bonds. The average molecular weight is 813 g/mol. The van der Waals surface area contributed by atoms with Crippen molar-refractivity contribution in [1.82, 2.24) is 42.2 Å². The van der Waals surface area contributed by atoms with Crippen molar-refractivity contribution in [2.24, 2.45) is 21.7 Å². The Kier molecular flexibility index (Phi) is 22.3. The number of urea groups is 2. The van der Waals surface area contributed by atoms with Gasteiger partial charge in [0.15, 0.2) is 5.82 Å². The Morgan fingerprint density at radius 2 is 1.36 bits per heavy atom. The lowest BCUT2D eigenvalue weighted by Crippen LogP contribution is -2.55. The van der Waals surface area contributed by atoms with Crippen LogP contribution in [0.4, 0.5) is 15.4 Å². The minimum Gasteiger partial charge on any atom is -0.481 e. The number of benzene rings is 1. The van der Waals surface area contributed by atoms with Crippen LogP contribution in [0.15, 0.2) is 65.0 Å². The van der Waals surface area contributed by atoms with Crippen LogP contribution in [-0.2, 0) is 35.2 Å². The average Bonchev–Trinajstić information content (AvgIpc) is 3.19. The topological polar surface area (TPSA) is 351 Å². The fraction of sp³-hybridized carbons (Fsp3) is 0.472. The number of carbonyl (C=O) groups is 8. The lowest BCUT2D eigenvalue weighted by Gasteiger charge is -2.22. The standard InChI is InChI=1S/C36H52N12O10/c37-24(20-23-10-2-1-3-11-23)31(52)46-27(21-30(50)51)32(53)43-22-29(49)44-25(13-8-18-41-35(38)57)33(54)45-26(34(55)56)12-4-6-15-39-16-9-19-42-36(58)48-47-28-14-5-7-17-40-28/h1-3,5,7,10-11,14,17,24-27,39H,4,6,8-9,12-13,15-16,18-22,37H2,(H,42,58)(H,43,53)(H,44,49)(H,45,54)(H,46,52)(H,50,51)(H,55,56)(H3,38,41,57)/b48-47+/t24-,25+,26+,27+/m1/s1. The maximum atomic E-state index is 13.2. The van der Waals surface area contributed by atoms with Gasteiger partial charge in [-0.25, -0.2) is 19.4 Å². The fourth-order valence-electron chi connectivity index (χ4n) is 5.15. The number of nitrogens with zero attached hydrogens (tertiary/aromatic N) is 3. The predicted octanol–water partition coefficient (Wildman–Crippen LogP) is -0.827. The number of hydrogen-bond acceptors (Lipinski definition) is 12. The van der Waals surface area contributed by atoms with Crippen molar-refractivity contribution < 1.29 is 48.6 Å². The molecule has 0 aliphatic carbocycles. The largest absolute Gasteiger partial charge is 0.481 e. The Balaban J connectivity index is 1.84. The summed E-state index contributed by atoms with van der Waals surface area (Å²) in [5.41, 5.74) is 11.8. The zero-order chi connectivity index (χ0) is 42.7.